The second-order valence-corrected chi connectivity index (χ2v) is 8.12. The van der Waals surface area contributed by atoms with Gasteiger partial charge in [0.15, 0.2) is 0 Å². The van der Waals surface area contributed by atoms with Crippen molar-refractivity contribution in [3.05, 3.63) is 76.9 Å². The Labute approximate surface area is 173 Å². The number of carboxylic acid groups (broad SMARTS) is 2. The third kappa shape index (κ3) is 3.70. The zero-order valence-corrected chi connectivity index (χ0v) is 16.9. The topological polar surface area (TPSA) is 129 Å². The van der Waals surface area contributed by atoms with E-state index in [1.807, 2.05) is 0 Å². The van der Waals surface area contributed by atoms with Gasteiger partial charge in [-0.3, -0.25) is 4.55 Å². The summed E-state index contributed by atoms with van der Waals surface area (Å²) in [6.07, 6.45) is 0. The highest BCUT2D eigenvalue weighted by Crippen LogP contribution is 2.42. The molecule has 3 rings (SSSR count). The fraction of sp³-hybridized carbons (Fsp3) is 0.0909. The van der Waals surface area contributed by atoms with Crippen LogP contribution in [0.4, 0.5) is 0 Å². The van der Waals surface area contributed by atoms with E-state index in [4.69, 9.17) is 0 Å². The Kier molecular flexibility index (Phi) is 5.47. The van der Waals surface area contributed by atoms with Crippen molar-refractivity contribution in [1.82, 2.24) is 0 Å². The van der Waals surface area contributed by atoms with Crippen LogP contribution in [0.3, 0.4) is 0 Å². The number of carboxylic acids is 2. The lowest BCUT2D eigenvalue weighted by Gasteiger charge is -2.20. The SMILES string of the molecule is Cc1ccccc1-c1c(C(=O)O)cc(C(=O)O)c(-c2ccccc2C)c1S(=O)(=O)O. The van der Waals surface area contributed by atoms with Crippen LogP contribution >= 0.6 is 0 Å². The van der Waals surface area contributed by atoms with Gasteiger partial charge in [-0.1, -0.05) is 48.5 Å². The second-order valence-electron chi connectivity index (χ2n) is 6.77. The molecule has 0 saturated heterocycles. The van der Waals surface area contributed by atoms with Crippen molar-refractivity contribution >= 4 is 22.1 Å². The summed E-state index contributed by atoms with van der Waals surface area (Å²) in [5.74, 6) is -3.03. The van der Waals surface area contributed by atoms with E-state index in [-0.39, 0.29) is 22.3 Å². The van der Waals surface area contributed by atoms with Crippen molar-refractivity contribution in [2.24, 2.45) is 0 Å². The van der Waals surface area contributed by atoms with Gasteiger partial charge < -0.3 is 10.2 Å². The predicted molar refractivity (Wildman–Crippen MR) is 111 cm³/mol. The van der Waals surface area contributed by atoms with Crippen LogP contribution in [0.25, 0.3) is 22.3 Å². The first kappa shape index (κ1) is 21.2. The summed E-state index contributed by atoms with van der Waals surface area (Å²) >= 11 is 0. The maximum Gasteiger partial charge on any atom is 0.336 e. The quantitative estimate of drug-likeness (QED) is 0.519. The number of aromatic carboxylic acids is 2. The zero-order chi connectivity index (χ0) is 22.2. The monoisotopic (exact) mass is 426 g/mol. The van der Waals surface area contributed by atoms with Gasteiger partial charge in [0.25, 0.3) is 10.1 Å². The summed E-state index contributed by atoms with van der Waals surface area (Å²) in [5.41, 5.74) is 0.0482. The Morgan fingerprint density at radius 2 is 1.10 bits per heavy atom. The molecule has 0 atom stereocenters. The van der Waals surface area contributed by atoms with Crippen LogP contribution in [0.1, 0.15) is 31.8 Å². The Balaban J connectivity index is 2.69. The molecule has 0 unspecified atom stereocenters. The Morgan fingerprint density at radius 3 is 1.40 bits per heavy atom. The highest BCUT2D eigenvalue weighted by atomic mass is 32.2. The van der Waals surface area contributed by atoms with Crippen LogP contribution in [0, 0.1) is 13.8 Å². The maximum atomic E-state index is 12.6. The van der Waals surface area contributed by atoms with E-state index in [0.717, 1.165) is 6.07 Å². The van der Waals surface area contributed by atoms with Gasteiger partial charge in [-0.25, -0.2) is 9.59 Å². The molecule has 0 spiro atoms. The lowest BCUT2D eigenvalue weighted by molar-refractivity contribution is 0.0696. The van der Waals surface area contributed by atoms with E-state index >= 15 is 0 Å². The van der Waals surface area contributed by atoms with E-state index in [9.17, 15) is 32.8 Å². The van der Waals surface area contributed by atoms with Crippen LogP contribution < -0.4 is 0 Å². The maximum absolute atomic E-state index is 12.6. The largest absolute Gasteiger partial charge is 0.478 e. The fourth-order valence-corrected chi connectivity index (χ4v) is 4.45. The number of benzene rings is 3. The summed E-state index contributed by atoms with van der Waals surface area (Å²) in [6.45, 7) is 3.32. The fourth-order valence-electron chi connectivity index (χ4n) is 3.50. The van der Waals surface area contributed by atoms with Crippen LogP contribution in [0.15, 0.2) is 59.5 Å². The molecule has 0 aliphatic rings. The standard InChI is InChI=1S/C22H18O7S/c1-12-7-3-5-9-14(12)18-16(21(23)24)11-17(22(25)26)19(20(18)30(27,28)29)15-10-6-4-8-13(15)2/h3-11H,1-2H3,(H,23,24)(H,25,26)(H,27,28,29). The van der Waals surface area contributed by atoms with Gasteiger partial charge in [-0.2, -0.15) is 8.42 Å². The van der Waals surface area contributed by atoms with Crippen LogP contribution in [0.5, 0.6) is 0 Å². The molecule has 0 fully saturated rings. The van der Waals surface area contributed by atoms with E-state index < -0.39 is 38.1 Å². The van der Waals surface area contributed by atoms with Crippen molar-refractivity contribution in [2.45, 2.75) is 18.7 Å². The summed E-state index contributed by atoms with van der Waals surface area (Å²) in [6, 6.07) is 13.9. The van der Waals surface area contributed by atoms with E-state index in [1.165, 1.54) is 12.1 Å². The molecule has 8 heteroatoms. The minimum atomic E-state index is -5.03. The molecule has 30 heavy (non-hydrogen) atoms. The average molecular weight is 426 g/mol. The molecule has 0 aliphatic heterocycles. The van der Waals surface area contributed by atoms with Gasteiger partial charge in [-0.15, -0.1) is 0 Å². The van der Waals surface area contributed by atoms with Gasteiger partial charge in [0, 0.05) is 11.1 Å². The molecule has 3 N–H and O–H groups in total. The normalized spacial score (nSPS) is 11.3. The molecule has 3 aromatic rings. The zero-order valence-electron chi connectivity index (χ0n) is 16.1. The molecule has 154 valence electrons. The average Bonchev–Trinajstić information content (AvgIpc) is 2.66. The molecule has 0 radical (unpaired) electrons. The summed E-state index contributed by atoms with van der Waals surface area (Å²) in [5, 5.41) is 19.5. The first-order valence-electron chi connectivity index (χ1n) is 8.81. The van der Waals surface area contributed by atoms with Gasteiger partial charge in [0.05, 0.1) is 11.1 Å². The molecule has 3 aromatic carbocycles. The number of carbonyl (C=O) groups is 2. The smallest absolute Gasteiger partial charge is 0.336 e. The molecule has 0 aromatic heterocycles. The molecular weight excluding hydrogens is 408 g/mol. The highest BCUT2D eigenvalue weighted by molar-refractivity contribution is 7.86. The summed E-state index contributed by atoms with van der Waals surface area (Å²) in [4.78, 5) is 23.3. The minimum Gasteiger partial charge on any atom is -0.478 e. The van der Waals surface area contributed by atoms with Crippen molar-refractivity contribution in [1.29, 1.82) is 0 Å². The van der Waals surface area contributed by atoms with Gasteiger partial charge in [-0.05, 0) is 42.2 Å². The first-order valence-corrected chi connectivity index (χ1v) is 10.2. The molecule has 0 amide bonds. The van der Waals surface area contributed by atoms with Crippen molar-refractivity contribution in [3.63, 3.8) is 0 Å². The molecule has 0 heterocycles. The Hall–Kier alpha value is -3.49. The van der Waals surface area contributed by atoms with Crippen LogP contribution in [0.2, 0.25) is 0 Å². The van der Waals surface area contributed by atoms with Crippen molar-refractivity contribution in [3.8, 4) is 22.3 Å². The Morgan fingerprint density at radius 1 is 0.733 bits per heavy atom. The molecule has 0 aliphatic carbocycles. The lowest BCUT2D eigenvalue weighted by atomic mass is 9.87. The van der Waals surface area contributed by atoms with Crippen molar-refractivity contribution < 1.29 is 32.8 Å². The third-order valence-corrected chi connectivity index (χ3v) is 5.75. The highest BCUT2D eigenvalue weighted by Gasteiger charge is 2.33. The number of hydrogen-bond acceptors (Lipinski definition) is 4. The number of hydrogen-bond donors (Lipinski definition) is 3. The van der Waals surface area contributed by atoms with Gasteiger partial charge in [0.1, 0.15) is 4.90 Å². The van der Waals surface area contributed by atoms with Crippen molar-refractivity contribution in [2.75, 3.05) is 0 Å². The number of rotatable bonds is 5. The Bertz CT molecular complexity index is 1210. The summed E-state index contributed by atoms with van der Waals surface area (Å²) < 4.78 is 35.3. The molecule has 0 saturated carbocycles. The minimum absolute atomic E-state index is 0.258. The second kappa shape index (κ2) is 7.74. The van der Waals surface area contributed by atoms with E-state index in [0.29, 0.717) is 11.1 Å². The predicted octanol–water partition coefficient (Wildman–Crippen LogP) is 4.28. The number of aryl methyl sites for hydroxylation is 2. The van der Waals surface area contributed by atoms with E-state index in [1.54, 1.807) is 50.2 Å². The van der Waals surface area contributed by atoms with Crippen LogP contribution in [-0.2, 0) is 10.1 Å². The molecular formula is C22H18O7S. The first-order chi connectivity index (χ1) is 14.0. The molecule has 7 nitrogen and oxygen atoms in total. The van der Waals surface area contributed by atoms with E-state index in [2.05, 4.69) is 0 Å². The molecule has 0 bridgehead atoms. The lowest BCUT2D eigenvalue weighted by Crippen LogP contribution is -2.14. The van der Waals surface area contributed by atoms with Crippen LogP contribution in [-0.4, -0.2) is 35.1 Å². The van der Waals surface area contributed by atoms with Gasteiger partial charge >= 0.3 is 11.9 Å². The third-order valence-electron chi connectivity index (χ3n) is 4.83. The summed E-state index contributed by atoms with van der Waals surface area (Å²) in [7, 11) is -5.03. The van der Waals surface area contributed by atoms with Gasteiger partial charge in [0.2, 0.25) is 0 Å².